The summed E-state index contributed by atoms with van der Waals surface area (Å²) in [4.78, 5) is 59.9. The highest BCUT2D eigenvalue weighted by atomic mass is 16.6. The zero-order valence-electron chi connectivity index (χ0n) is 15.9. The van der Waals surface area contributed by atoms with Crippen LogP contribution in [0.15, 0.2) is 18.2 Å². The summed E-state index contributed by atoms with van der Waals surface area (Å²) < 4.78 is 4.87. The minimum atomic E-state index is -0.865. The van der Waals surface area contributed by atoms with E-state index in [1.165, 1.54) is 18.2 Å². The summed E-state index contributed by atoms with van der Waals surface area (Å²) in [6.07, 6.45) is 3.06. The van der Waals surface area contributed by atoms with Crippen LogP contribution in [-0.2, 0) is 23.9 Å². The van der Waals surface area contributed by atoms with E-state index in [0.717, 1.165) is 17.7 Å². The van der Waals surface area contributed by atoms with E-state index in [9.17, 15) is 29.3 Å². The van der Waals surface area contributed by atoms with Crippen molar-refractivity contribution < 1.29 is 28.8 Å². The third-order valence-corrected chi connectivity index (χ3v) is 5.29. The second-order valence-electron chi connectivity index (χ2n) is 7.23. The van der Waals surface area contributed by atoms with E-state index < -0.39 is 30.0 Å². The predicted molar refractivity (Wildman–Crippen MR) is 99.6 cm³/mol. The molecule has 1 saturated heterocycles. The number of fused-ring (bicyclic) bond motifs is 1. The van der Waals surface area contributed by atoms with Gasteiger partial charge in [0.05, 0.1) is 22.4 Å². The summed E-state index contributed by atoms with van der Waals surface area (Å²) in [6, 6.07) is 4.01. The van der Waals surface area contributed by atoms with Crippen molar-refractivity contribution in [3.05, 3.63) is 33.9 Å². The van der Waals surface area contributed by atoms with Gasteiger partial charge in [-0.25, -0.2) is 0 Å². The number of nitro benzene ring substituents is 1. The number of nitrogens with one attached hydrogen (secondary N) is 1. The van der Waals surface area contributed by atoms with Gasteiger partial charge in [-0.3, -0.25) is 34.2 Å². The fourth-order valence-electron chi connectivity index (χ4n) is 3.75. The zero-order valence-corrected chi connectivity index (χ0v) is 15.9. The monoisotopic (exact) mass is 403 g/mol. The van der Waals surface area contributed by atoms with Crippen LogP contribution in [0.4, 0.5) is 11.4 Å². The molecule has 0 spiro atoms. The molecular formula is C19H21N3O7. The smallest absolute Gasteiger partial charge is 0.326 e. The molecule has 2 atom stereocenters. The third-order valence-electron chi connectivity index (χ3n) is 5.29. The fourth-order valence-corrected chi connectivity index (χ4v) is 3.75. The lowest BCUT2D eigenvalue weighted by molar-refractivity contribution is -0.384. The van der Waals surface area contributed by atoms with E-state index in [0.29, 0.717) is 18.4 Å². The van der Waals surface area contributed by atoms with E-state index in [2.05, 4.69) is 5.32 Å². The van der Waals surface area contributed by atoms with E-state index in [-0.39, 0.29) is 35.0 Å². The summed E-state index contributed by atoms with van der Waals surface area (Å²) in [5.74, 6) is -2.97. The summed E-state index contributed by atoms with van der Waals surface area (Å²) >= 11 is 0. The van der Waals surface area contributed by atoms with Gasteiger partial charge >= 0.3 is 5.97 Å². The number of ether oxygens (including phenoxy) is 1. The molecule has 2 aliphatic rings. The van der Waals surface area contributed by atoms with Gasteiger partial charge in [0.15, 0.2) is 6.61 Å². The number of hydrogen-bond donors (Lipinski definition) is 1. The van der Waals surface area contributed by atoms with Gasteiger partial charge in [0.25, 0.3) is 11.6 Å². The lowest BCUT2D eigenvalue weighted by Gasteiger charge is -2.19. The number of carbonyl (C=O) groups excluding carboxylic acids is 4. The molecule has 2 fully saturated rings. The highest BCUT2D eigenvalue weighted by molar-refractivity contribution is 6.07. The second kappa shape index (κ2) is 8.38. The van der Waals surface area contributed by atoms with Crippen molar-refractivity contribution >= 4 is 35.1 Å². The molecule has 10 heteroatoms. The fraction of sp³-hybridized carbons (Fsp3) is 0.474. The molecule has 1 aliphatic carbocycles. The molecule has 29 heavy (non-hydrogen) atoms. The molecule has 1 aromatic rings. The van der Waals surface area contributed by atoms with Crippen molar-refractivity contribution in [1.82, 2.24) is 4.90 Å². The largest absolute Gasteiger partial charge is 0.454 e. The summed E-state index contributed by atoms with van der Waals surface area (Å²) in [6.45, 7) is 0.507. The molecule has 0 aromatic heterocycles. The maximum atomic E-state index is 12.4. The number of esters is 1. The molecule has 3 amide bonds. The molecule has 1 N–H and O–H groups in total. The third kappa shape index (κ3) is 4.41. The average Bonchev–Trinajstić information content (AvgIpc) is 2.93. The van der Waals surface area contributed by atoms with Gasteiger partial charge in [-0.2, -0.15) is 0 Å². The molecular weight excluding hydrogens is 382 g/mol. The number of hydrogen-bond acceptors (Lipinski definition) is 7. The Morgan fingerprint density at radius 3 is 2.41 bits per heavy atom. The molecule has 0 unspecified atom stereocenters. The Hall–Kier alpha value is -3.30. The van der Waals surface area contributed by atoms with Gasteiger partial charge in [-0.05, 0) is 25.3 Å². The van der Waals surface area contributed by atoms with Gasteiger partial charge in [0.2, 0.25) is 11.8 Å². The number of likely N-dealkylation sites (tertiary alicyclic amines) is 1. The Balaban J connectivity index is 1.52. The van der Waals surface area contributed by atoms with E-state index >= 15 is 0 Å². The molecule has 0 bridgehead atoms. The molecule has 154 valence electrons. The standard InChI is InChI=1S/C19H21N3O7/c1-11-6-7-12(22(27)28)8-15(11)20-16(23)10-29-17(24)9-21-18(25)13-4-2-3-5-14(13)19(21)26/h6-8,13-14H,2-5,9-10H2,1H3,(H,20,23)/t13-,14+. The van der Waals surface area contributed by atoms with Crippen LogP contribution in [0.3, 0.4) is 0 Å². The Kier molecular flexibility index (Phi) is 5.90. The lowest BCUT2D eigenvalue weighted by Crippen LogP contribution is -2.37. The van der Waals surface area contributed by atoms with Gasteiger partial charge < -0.3 is 10.1 Å². The van der Waals surface area contributed by atoms with Crippen molar-refractivity contribution in [3.8, 4) is 0 Å². The van der Waals surface area contributed by atoms with Gasteiger partial charge in [0, 0.05) is 12.1 Å². The Morgan fingerprint density at radius 2 is 1.83 bits per heavy atom. The first-order valence-electron chi connectivity index (χ1n) is 9.33. The van der Waals surface area contributed by atoms with E-state index in [1.807, 2.05) is 0 Å². The maximum Gasteiger partial charge on any atom is 0.326 e. The van der Waals surface area contributed by atoms with Gasteiger partial charge in [-0.15, -0.1) is 0 Å². The maximum absolute atomic E-state index is 12.4. The first-order valence-corrected chi connectivity index (χ1v) is 9.33. The van der Waals surface area contributed by atoms with Crippen LogP contribution in [0.5, 0.6) is 0 Å². The van der Waals surface area contributed by atoms with Crippen LogP contribution in [0, 0.1) is 28.9 Å². The predicted octanol–water partition coefficient (Wildman–Crippen LogP) is 1.56. The van der Waals surface area contributed by atoms with Crippen molar-refractivity contribution in [2.75, 3.05) is 18.5 Å². The lowest BCUT2D eigenvalue weighted by atomic mass is 9.81. The Morgan fingerprint density at radius 1 is 1.21 bits per heavy atom. The average molecular weight is 403 g/mol. The van der Waals surface area contributed by atoms with Crippen molar-refractivity contribution in [1.29, 1.82) is 0 Å². The highest BCUT2D eigenvalue weighted by Crippen LogP contribution is 2.37. The van der Waals surface area contributed by atoms with E-state index in [4.69, 9.17) is 4.74 Å². The topological polar surface area (TPSA) is 136 Å². The van der Waals surface area contributed by atoms with E-state index in [1.54, 1.807) is 6.92 Å². The number of aryl methyl sites for hydroxylation is 1. The van der Waals surface area contributed by atoms with Crippen LogP contribution < -0.4 is 5.32 Å². The summed E-state index contributed by atoms with van der Waals surface area (Å²) in [7, 11) is 0. The van der Waals surface area contributed by atoms with Crippen LogP contribution in [-0.4, -0.2) is 46.7 Å². The van der Waals surface area contributed by atoms with Crippen LogP contribution >= 0.6 is 0 Å². The van der Waals surface area contributed by atoms with Gasteiger partial charge in [0.1, 0.15) is 6.54 Å². The number of carbonyl (C=O) groups is 4. The number of nitrogens with zero attached hydrogens (tertiary/aromatic N) is 2. The molecule has 0 radical (unpaired) electrons. The minimum absolute atomic E-state index is 0.185. The van der Waals surface area contributed by atoms with Crippen LogP contribution in [0.2, 0.25) is 0 Å². The SMILES string of the molecule is Cc1ccc([N+](=O)[O-])cc1NC(=O)COC(=O)CN1C(=O)[C@H]2CCCC[C@H]2C1=O. The molecule has 1 aliphatic heterocycles. The van der Waals surface area contributed by atoms with Crippen LogP contribution in [0.1, 0.15) is 31.2 Å². The number of amides is 3. The van der Waals surface area contributed by atoms with Crippen molar-refractivity contribution in [3.63, 3.8) is 0 Å². The zero-order chi connectivity index (χ0) is 21.1. The molecule has 1 heterocycles. The van der Waals surface area contributed by atoms with Crippen molar-refractivity contribution in [2.24, 2.45) is 11.8 Å². The molecule has 1 saturated carbocycles. The Labute approximate surface area is 166 Å². The summed E-state index contributed by atoms with van der Waals surface area (Å²) in [5.41, 5.74) is 0.649. The number of anilines is 1. The van der Waals surface area contributed by atoms with Gasteiger partial charge in [-0.1, -0.05) is 18.9 Å². The molecule has 3 rings (SSSR count). The normalized spacial score (nSPS) is 20.9. The minimum Gasteiger partial charge on any atom is -0.454 e. The molecule has 10 nitrogen and oxygen atoms in total. The number of imide groups is 1. The van der Waals surface area contributed by atoms with Crippen LogP contribution in [0.25, 0.3) is 0 Å². The summed E-state index contributed by atoms with van der Waals surface area (Å²) in [5, 5.41) is 13.3. The number of non-ortho nitro benzene ring substituents is 1. The Bertz CT molecular complexity index is 859. The number of nitro groups is 1. The number of rotatable bonds is 6. The van der Waals surface area contributed by atoms with Crippen molar-refractivity contribution in [2.45, 2.75) is 32.6 Å². The second-order valence-corrected chi connectivity index (χ2v) is 7.23. The first kappa shape index (κ1) is 20.4. The first-order chi connectivity index (χ1) is 13.8. The quantitative estimate of drug-likeness (QED) is 0.329. The highest BCUT2D eigenvalue weighted by Gasteiger charge is 2.48. The number of benzene rings is 1. The molecule has 1 aromatic carbocycles.